The summed E-state index contributed by atoms with van der Waals surface area (Å²) in [5, 5.41) is 0. The number of nitrogens with zero attached hydrogens (tertiary/aromatic N) is 1. The Balaban J connectivity index is 2.11. The van der Waals surface area contributed by atoms with Crippen LogP contribution in [0.1, 0.15) is 22.6 Å². The molecule has 0 saturated carbocycles. The summed E-state index contributed by atoms with van der Waals surface area (Å²) in [7, 11) is 0. The molecule has 2 aromatic rings. The standard InChI is InChI=1S/C19H15NO2/c1-2-19(22)18(11-20-12-21)16-9-5-8-15-14-7-4-3-6-13(14)10-17(15)16/h2-9,18H,1,10-11H2. The molecule has 0 saturated heterocycles. The van der Waals surface area contributed by atoms with Gasteiger partial charge in [-0.05, 0) is 40.3 Å². The Morgan fingerprint density at radius 3 is 2.77 bits per heavy atom. The van der Waals surface area contributed by atoms with E-state index in [1.165, 1.54) is 23.3 Å². The number of isocyanates is 1. The molecule has 0 spiro atoms. The van der Waals surface area contributed by atoms with Crippen LogP contribution in [0.2, 0.25) is 0 Å². The van der Waals surface area contributed by atoms with E-state index in [0.29, 0.717) is 0 Å². The van der Waals surface area contributed by atoms with Gasteiger partial charge in [0, 0.05) is 0 Å². The maximum atomic E-state index is 12.2. The van der Waals surface area contributed by atoms with Crippen molar-refractivity contribution in [1.29, 1.82) is 0 Å². The van der Waals surface area contributed by atoms with Gasteiger partial charge in [-0.2, -0.15) is 0 Å². The van der Waals surface area contributed by atoms with Crippen LogP contribution in [0.3, 0.4) is 0 Å². The van der Waals surface area contributed by atoms with Crippen molar-refractivity contribution < 1.29 is 9.59 Å². The number of benzene rings is 2. The topological polar surface area (TPSA) is 46.5 Å². The van der Waals surface area contributed by atoms with Crippen molar-refractivity contribution in [2.45, 2.75) is 12.3 Å². The SMILES string of the molecule is C=CC(=O)C(CN=C=O)c1cccc2c1Cc1ccccc1-2. The van der Waals surface area contributed by atoms with Crippen molar-refractivity contribution >= 4 is 11.9 Å². The van der Waals surface area contributed by atoms with E-state index < -0.39 is 5.92 Å². The molecule has 0 N–H and O–H groups in total. The molecule has 1 aliphatic carbocycles. The molecule has 22 heavy (non-hydrogen) atoms. The van der Waals surface area contributed by atoms with Crippen molar-refractivity contribution in [3.05, 3.63) is 71.8 Å². The minimum atomic E-state index is -0.469. The van der Waals surface area contributed by atoms with Crippen LogP contribution in [0.25, 0.3) is 11.1 Å². The Hall–Kier alpha value is -2.77. The van der Waals surface area contributed by atoms with Gasteiger partial charge < -0.3 is 0 Å². The number of rotatable bonds is 5. The monoisotopic (exact) mass is 289 g/mol. The quantitative estimate of drug-likeness (QED) is 0.410. The van der Waals surface area contributed by atoms with Gasteiger partial charge in [-0.1, -0.05) is 49.0 Å². The highest BCUT2D eigenvalue weighted by atomic mass is 16.1. The van der Waals surface area contributed by atoms with Gasteiger partial charge in [0.1, 0.15) is 0 Å². The lowest BCUT2D eigenvalue weighted by atomic mass is 9.88. The predicted molar refractivity (Wildman–Crippen MR) is 85.6 cm³/mol. The molecule has 0 bridgehead atoms. The fourth-order valence-corrected chi connectivity index (χ4v) is 3.12. The maximum absolute atomic E-state index is 12.2. The molecule has 0 heterocycles. The van der Waals surface area contributed by atoms with Gasteiger partial charge in [0.15, 0.2) is 5.78 Å². The van der Waals surface area contributed by atoms with Crippen molar-refractivity contribution in [2.24, 2.45) is 4.99 Å². The molecule has 0 radical (unpaired) electrons. The number of aliphatic imine (C=N–C) groups is 1. The number of carbonyl (C=O) groups is 1. The number of carbonyl (C=O) groups excluding carboxylic acids is 2. The highest BCUT2D eigenvalue weighted by molar-refractivity contribution is 5.96. The molecular weight excluding hydrogens is 274 g/mol. The van der Waals surface area contributed by atoms with E-state index in [1.807, 2.05) is 24.3 Å². The Labute approximate surface area is 129 Å². The van der Waals surface area contributed by atoms with Gasteiger partial charge in [0.25, 0.3) is 0 Å². The third-order valence-electron chi connectivity index (χ3n) is 4.15. The number of ketones is 1. The zero-order valence-corrected chi connectivity index (χ0v) is 12.1. The first-order valence-corrected chi connectivity index (χ1v) is 7.16. The molecule has 0 aliphatic heterocycles. The van der Waals surface area contributed by atoms with Gasteiger partial charge in [0.2, 0.25) is 6.08 Å². The second kappa shape index (κ2) is 5.92. The van der Waals surface area contributed by atoms with Crippen LogP contribution in [-0.2, 0) is 16.0 Å². The second-order valence-electron chi connectivity index (χ2n) is 5.30. The highest BCUT2D eigenvalue weighted by Crippen LogP contribution is 2.40. The van der Waals surface area contributed by atoms with Crippen LogP contribution in [0.15, 0.2) is 60.1 Å². The average molecular weight is 289 g/mol. The van der Waals surface area contributed by atoms with Crippen molar-refractivity contribution in [1.82, 2.24) is 0 Å². The lowest BCUT2D eigenvalue weighted by Crippen LogP contribution is -2.15. The lowest BCUT2D eigenvalue weighted by molar-refractivity contribution is -0.115. The minimum absolute atomic E-state index is 0.112. The van der Waals surface area contributed by atoms with Crippen LogP contribution in [0.4, 0.5) is 0 Å². The van der Waals surface area contributed by atoms with Crippen molar-refractivity contribution in [2.75, 3.05) is 6.54 Å². The van der Waals surface area contributed by atoms with Gasteiger partial charge in [0.05, 0.1) is 12.5 Å². The molecule has 0 fully saturated rings. The van der Waals surface area contributed by atoms with Gasteiger partial charge >= 0.3 is 0 Å². The number of fused-ring (bicyclic) bond motifs is 3. The van der Waals surface area contributed by atoms with E-state index in [4.69, 9.17) is 0 Å². The Bertz CT molecular complexity index is 801. The predicted octanol–water partition coefficient (Wildman–Crippen LogP) is 3.43. The van der Waals surface area contributed by atoms with Crippen molar-refractivity contribution in [3.63, 3.8) is 0 Å². The van der Waals surface area contributed by atoms with Crippen LogP contribution >= 0.6 is 0 Å². The first-order chi connectivity index (χ1) is 10.8. The summed E-state index contributed by atoms with van der Waals surface area (Å²) in [5.41, 5.74) is 5.70. The van der Waals surface area contributed by atoms with E-state index >= 15 is 0 Å². The van der Waals surface area contributed by atoms with Crippen LogP contribution < -0.4 is 0 Å². The molecule has 2 aromatic carbocycles. The van der Waals surface area contributed by atoms with Crippen molar-refractivity contribution in [3.8, 4) is 11.1 Å². The third kappa shape index (κ3) is 2.32. The molecule has 1 atom stereocenters. The van der Waals surface area contributed by atoms with E-state index in [0.717, 1.165) is 23.1 Å². The summed E-state index contributed by atoms with van der Waals surface area (Å²) in [6.45, 7) is 3.67. The fourth-order valence-electron chi connectivity index (χ4n) is 3.12. The zero-order valence-electron chi connectivity index (χ0n) is 12.1. The molecule has 3 nitrogen and oxygen atoms in total. The van der Waals surface area contributed by atoms with Crippen LogP contribution in [0.5, 0.6) is 0 Å². The molecule has 108 valence electrons. The number of hydrogen-bond donors (Lipinski definition) is 0. The first kappa shape index (κ1) is 14.2. The van der Waals surface area contributed by atoms with Crippen LogP contribution in [-0.4, -0.2) is 18.4 Å². The molecule has 0 amide bonds. The largest absolute Gasteiger partial charge is 0.294 e. The summed E-state index contributed by atoms with van der Waals surface area (Å²) in [6.07, 6.45) is 3.62. The molecule has 1 unspecified atom stereocenters. The fraction of sp³-hybridized carbons (Fsp3) is 0.158. The Morgan fingerprint density at radius 1 is 1.23 bits per heavy atom. The third-order valence-corrected chi connectivity index (χ3v) is 4.15. The molecule has 3 heteroatoms. The first-order valence-electron chi connectivity index (χ1n) is 7.16. The summed E-state index contributed by atoms with van der Waals surface area (Å²) in [6, 6.07) is 14.2. The summed E-state index contributed by atoms with van der Waals surface area (Å²) < 4.78 is 0. The normalized spacial score (nSPS) is 12.7. The maximum Gasteiger partial charge on any atom is 0.234 e. The van der Waals surface area contributed by atoms with E-state index in [1.54, 1.807) is 0 Å². The second-order valence-corrected chi connectivity index (χ2v) is 5.30. The van der Waals surface area contributed by atoms with Crippen LogP contribution in [0, 0.1) is 0 Å². The smallest absolute Gasteiger partial charge is 0.234 e. The number of allylic oxidation sites excluding steroid dienone is 1. The molecular formula is C19H15NO2. The van der Waals surface area contributed by atoms with Gasteiger partial charge in [-0.25, -0.2) is 9.79 Å². The number of hydrogen-bond acceptors (Lipinski definition) is 3. The van der Waals surface area contributed by atoms with E-state index in [9.17, 15) is 9.59 Å². The summed E-state index contributed by atoms with van der Waals surface area (Å²) >= 11 is 0. The molecule has 0 aromatic heterocycles. The summed E-state index contributed by atoms with van der Waals surface area (Å²) in [5.74, 6) is -0.591. The van der Waals surface area contributed by atoms with Gasteiger partial charge in [-0.15, -0.1) is 0 Å². The average Bonchev–Trinajstić information content (AvgIpc) is 2.94. The molecule has 1 aliphatic rings. The Morgan fingerprint density at radius 2 is 2.00 bits per heavy atom. The zero-order chi connectivity index (χ0) is 15.5. The molecule has 3 rings (SSSR count). The Kier molecular flexibility index (Phi) is 3.82. The summed E-state index contributed by atoms with van der Waals surface area (Å²) in [4.78, 5) is 26.2. The van der Waals surface area contributed by atoms with Gasteiger partial charge in [-0.3, -0.25) is 4.79 Å². The minimum Gasteiger partial charge on any atom is -0.294 e. The lowest BCUT2D eigenvalue weighted by Gasteiger charge is -2.15. The van der Waals surface area contributed by atoms with E-state index in [-0.39, 0.29) is 12.3 Å². The highest BCUT2D eigenvalue weighted by Gasteiger charge is 2.26. The van der Waals surface area contributed by atoms with E-state index in [2.05, 4.69) is 29.8 Å².